The maximum absolute atomic E-state index is 7.28. The molecule has 0 bridgehead atoms. The fourth-order valence-corrected chi connectivity index (χ4v) is 8.38. The summed E-state index contributed by atoms with van der Waals surface area (Å²) >= 11 is 0. The lowest BCUT2D eigenvalue weighted by Crippen LogP contribution is -2.64. The number of hydrogen-bond acceptors (Lipinski definition) is 4. The Morgan fingerprint density at radius 3 is 0.703 bits per heavy atom. The molecule has 0 radical (unpaired) electrons. The van der Waals surface area contributed by atoms with Gasteiger partial charge in [-0.2, -0.15) is 0 Å². The Bertz CT molecular complexity index is 486. The minimum Gasteiger partial charge on any atom is -0.346 e. The molecule has 0 rings (SSSR count). The van der Waals surface area contributed by atoms with Gasteiger partial charge in [-0.1, -0.05) is 107 Å². The molecular formula is C32H68O4Si. The van der Waals surface area contributed by atoms with Crippen LogP contribution in [-0.4, -0.2) is 31.5 Å². The molecule has 0 fully saturated rings. The van der Waals surface area contributed by atoms with Gasteiger partial charge in [-0.25, -0.2) is 0 Å². The molecule has 0 amide bonds. The van der Waals surface area contributed by atoms with Crippen molar-refractivity contribution in [3.05, 3.63) is 0 Å². The Labute approximate surface area is 234 Å². The van der Waals surface area contributed by atoms with E-state index in [0.29, 0.717) is 0 Å². The van der Waals surface area contributed by atoms with Crippen LogP contribution in [0.2, 0.25) is 0 Å². The summed E-state index contributed by atoms with van der Waals surface area (Å²) in [5.74, 6) is 0. The highest BCUT2D eigenvalue weighted by molar-refractivity contribution is 6.54. The molecule has 0 N–H and O–H groups in total. The van der Waals surface area contributed by atoms with Crippen molar-refractivity contribution in [2.24, 2.45) is 0 Å². The first-order valence-electron chi connectivity index (χ1n) is 16.1. The third-order valence-corrected chi connectivity index (χ3v) is 11.7. The summed E-state index contributed by atoms with van der Waals surface area (Å²) in [6, 6.07) is 0. The number of hydrogen-bond donors (Lipinski definition) is 0. The molecule has 0 spiro atoms. The van der Waals surface area contributed by atoms with Gasteiger partial charge in [-0.3, -0.25) is 0 Å². The molecule has 0 saturated carbocycles. The van der Waals surface area contributed by atoms with E-state index < -0.39 is 9.05 Å². The van der Waals surface area contributed by atoms with Gasteiger partial charge < -0.3 is 17.7 Å². The van der Waals surface area contributed by atoms with Crippen LogP contribution in [0, 0.1) is 0 Å². The fraction of sp³-hybridized carbons (Fsp3) is 1.00. The van der Waals surface area contributed by atoms with Gasteiger partial charge in [0.1, 0.15) is 0 Å². The lowest BCUT2D eigenvalue weighted by atomic mass is 9.96. The summed E-state index contributed by atoms with van der Waals surface area (Å²) < 4.78 is 29.1. The molecule has 0 aromatic carbocycles. The Kier molecular flexibility index (Phi) is 17.7. The van der Waals surface area contributed by atoms with Gasteiger partial charge in [0.2, 0.25) is 0 Å². The molecule has 224 valence electrons. The van der Waals surface area contributed by atoms with Crippen LogP contribution in [0.5, 0.6) is 0 Å². The zero-order valence-electron chi connectivity index (χ0n) is 27.4. The van der Waals surface area contributed by atoms with E-state index in [4.69, 9.17) is 17.7 Å². The van der Waals surface area contributed by atoms with Gasteiger partial charge in [0, 0.05) is 0 Å². The van der Waals surface area contributed by atoms with E-state index in [1.54, 1.807) is 0 Å². The van der Waals surface area contributed by atoms with E-state index >= 15 is 0 Å². The van der Waals surface area contributed by atoms with Crippen molar-refractivity contribution in [1.82, 2.24) is 0 Å². The molecule has 4 unspecified atom stereocenters. The van der Waals surface area contributed by atoms with E-state index in [1.165, 1.54) is 0 Å². The molecule has 0 aliphatic heterocycles. The molecule has 0 aromatic rings. The third kappa shape index (κ3) is 13.3. The number of unbranched alkanes of at least 4 members (excludes halogenated alkanes) is 4. The van der Waals surface area contributed by atoms with Gasteiger partial charge in [0.05, 0.1) is 22.4 Å². The lowest BCUT2D eigenvalue weighted by molar-refractivity contribution is -0.184. The highest BCUT2D eigenvalue weighted by Gasteiger charge is 2.59. The molecule has 0 aliphatic carbocycles. The second kappa shape index (κ2) is 17.7. The predicted octanol–water partition coefficient (Wildman–Crippen LogP) is 10.9. The van der Waals surface area contributed by atoms with Crippen LogP contribution in [0.15, 0.2) is 0 Å². The molecular weight excluding hydrogens is 476 g/mol. The average Bonchev–Trinajstić information content (AvgIpc) is 2.88. The summed E-state index contributed by atoms with van der Waals surface area (Å²) in [6.07, 6.45) is 16.6. The van der Waals surface area contributed by atoms with E-state index in [2.05, 4.69) is 83.1 Å². The van der Waals surface area contributed by atoms with Gasteiger partial charge in [-0.15, -0.1) is 0 Å². The molecule has 4 nitrogen and oxygen atoms in total. The Balaban J connectivity index is 6.92. The van der Waals surface area contributed by atoms with Gasteiger partial charge in [0.25, 0.3) is 0 Å². The zero-order valence-corrected chi connectivity index (χ0v) is 28.4. The van der Waals surface area contributed by atoms with E-state index in [0.717, 1.165) is 103 Å². The lowest BCUT2D eigenvalue weighted by Gasteiger charge is -2.49. The quantitative estimate of drug-likeness (QED) is 0.113. The maximum atomic E-state index is 7.28. The van der Waals surface area contributed by atoms with E-state index in [9.17, 15) is 0 Å². The number of rotatable bonds is 24. The van der Waals surface area contributed by atoms with Gasteiger partial charge in [0.15, 0.2) is 0 Å². The molecule has 5 heteroatoms. The SMILES string of the molecule is CCCCC(C)(CC)O[Si](OC(C)(CC)CCCC)(OC(C)(CC)CCCC)OC(C)(CC)CCCC. The Morgan fingerprint density at radius 2 is 0.568 bits per heavy atom. The average molecular weight is 545 g/mol. The Hall–Kier alpha value is 0.0569. The van der Waals surface area contributed by atoms with Crippen molar-refractivity contribution in [2.75, 3.05) is 0 Å². The molecule has 0 aromatic heterocycles. The molecule has 0 heterocycles. The first-order chi connectivity index (χ1) is 17.3. The van der Waals surface area contributed by atoms with Gasteiger partial charge >= 0.3 is 9.05 Å². The first-order valence-corrected chi connectivity index (χ1v) is 17.8. The first kappa shape index (κ1) is 37.1. The van der Waals surface area contributed by atoms with E-state index in [-0.39, 0.29) is 22.4 Å². The summed E-state index contributed by atoms with van der Waals surface area (Å²) in [7, 11) is -3.62. The van der Waals surface area contributed by atoms with Crippen molar-refractivity contribution >= 4 is 9.05 Å². The highest BCUT2D eigenvalue weighted by atomic mass is 28.4. The van der Waals surface area contributed by atoms with Crippen LogP contribution in [0.1, 0.15) is 186 Å². The fourth-order valence-electron chi connectivity index (χ4n) is 4.73. The summed E-state index contributed by atoms with van der Waals surface area (Å²) in [4.78, 5) is 0. The van der Waals surface area contributed by atoms with E-state index in [1.807, 2.05) is 0 Å². The molecule has 0 saturated heterocycles. The third-order valence-electron chi connectivity index (χ3n) is 8.71. The van der Waals surface area contributed by atoms with Crippen molar-refractivity contribution in [3.8, 4) is 0 Å². The summed E-state index contributed by atoms with van der Waals surface area (Å²) in [5.41, 5.74) is -1.39. The highest BCUT2D eigenvalue weighted by Crippen LogP contribution is 2.41. The second-order valence-corrected chi connectivity index (χ2v) is 14.4. The van der Waals surface area contributed by atoms with Crippen LogP contribution in [0.3, 0.4) is 0 Å². The monoisotopic (exact) mass is 544 g/mol. The van der Waals surface area contributed by atoms with Crippen LogP contribution in [0.4, 0.5) is 0 Å². The van der Waals surface area contributed by atoms with Crippen LogP contribution >= 0.6 is 0 Å². The second-order valence-electron chi connectivity index (χ2n) is 12.5. The molecule has 0 aliphatic rings. The largest absolute Gasteiger partial charge is 0.681 e. The van der Waals surface area contributed by atoms with Crippen molar-refractivity contribution < 1.29 is 17.7 Å². The predicted molar refractivity (Wildman–Crippen MR) is 163 cm³/mol. The van der Waals surface area contributed by atoms with Crippen molar-refractivity contribution in [1.29, 1.82) is 0 Å². The van der Waals surface area contributed by atoms with Crippen molar-refractivity contribution in [2.45, 2.75) is 208 Å². The zero-order chi connectivity index (χ0) is 28.6. The molecule has 37 heavy (non-hydrogen) atoms. The maximum Gasteiger partial charge on any atom is 0.681 e. The minimum absolute atomic E-state index is 0.347. The Morgan fingerprint density at radius 1 is 0.378 bits per heavy atom. The summed E-state index contributed by atoms with van der Waals surface area (Å²) in [6.45, 7) is 26.9. The van der Waals surface area contributed by atoms with Crippen LogP contribution in [-0.2, 0) is 17.7 Å². The van der Waals surface area contributed by atoms with Gasteiger partial charge in [-0.05, 0) is 79.1 Å². The smallest absolute Gasteiger partial charge is 0.346 e. The molecule has 4 atom stereocenters. The summed E-state index contributed by atoms with van der Waals surface area (Å²) in [5, 5.41) is 0. The van der Waals surface area contributed by atoms with Crippen molar-refractivity contribution in [3.63, 3.8) is 0 Å². The van der Waals surface area contributed by atoms with Crippen LogP contribution < -0.4 is 0 Å². The normalized spacial score (nSPS) is 20.4. The topological polar surface area (TPSA) is 36.9 Å². The standard InChI is InChI=1S/C32H68O4Si/c1-13-21-25-29(9,17-5)33-37(34-30(10,18-6)26-22-14-2,35-31(11,19-7)27-23-15-3)36-32(12,20-8)28-24-16-4/h13-28H2,1-12H3. The van der Waals surface area contributed by atoms with Crippen LogP contribution in [0.25, 0.3) is 0 Å². The minimum atomic E-state index is -3.62.